The molecule has 0 saturated carbocycles. The van der Waals surface area contributed by atoms with E-state index in [0.29, 0.717) is 18.2 Å². The largest absolute Gasteiger partial charge is 0.492 e. The number of halogens is 1. The van der Waals surface area contributed by atoms with Gasteiger partial charge in [-0.15, -0.1) is 0 Å². The smallest absolute Gasteiger partial charge is 0.141 e. The number of hydrogen-bond donors (Lipinski definition) is 1. The number of methoxy groups -OCH3 is 1. The highest BCUT2D eigenvalue weighted by molar-refractivity contribution is 6.32. The van der Waals surface area contributed by atoms with E-state index in [9.17, 15) is 0 Å². The van der Waals surface area contributed by atoms with Gasteiger partial charge in [0.05, 0.1) is 18.2 Å². The van der Waals surface area contributed by atoms with Gasteiger partial charge in [-0.3, -0.25) is 0 Å². The molecule has 0 saturated heterocycles. The van der Waals surface area contributed by atoms with Crippen LogP contribution >= 0.6 is 11.6 Å². The highest BCUT2D eigenvalue weighted by Gasteiger charge is 2.13. The second kappa shape index (κ2) is 7.62. The van der Waals surface area contributed by atoms with Crippen molar-refractivity contribution in [3.8, 4) is 5.75 Å². The monoisotopic (exact) mass is 271 g/mol. The van der Waals surface area contributed by atoms with Crippen molar-refractivity contribution in [2.75, 3.05) is 13.7 Å². The van der Waals surface area contributed by atoms with Crippen LogP contribution in [-0.4, -0.2) is 19.8 Å². The zero-order valence-corrected chi connectivity index (χ0v) is 12.1. The van der Waals surface area contributed by atoms with Crippen LogP contribution in [0.2, 0.25) is 5.02 Å². The molecule has 3 nitrogen and oxygen atoms in total. The molecule has 2 N–H and O–H groups in total. The molecule has 4 heteroatoms. The van der Waals surface area contributed by atoms with Crippen LogP contribution in [0.1, 0.15) is 31.4 Å². The van der Waals surface area contributed by atoms with Gasteiger partial charge in [0.25, 0.3) is 0 Å². The zero-order chi connectivity index (χ0) is 13.5. The summed E-state index contributed by atoms with van der Waals surface area (Å²) in [7, 11) is 1.67. The fourth-order valence-electron chi connectivity index (χ4n) is 1.85. The van der Waals surface area contributed by atoms with Crippen molar-refractivity contribution in [3.63, 3.8) is 0 Å². The molecule has 0 radical (unpaired) electrons. The first-order chi connectivity index (χ1) is 8.62. The summed E-state index contributed by atoms with van der Waals surface area (Å²) < 4.78 is 10.8. The van der Waals surface area contributed by atoms with Gasteiger partial charge in [0.15, 0.2) is 0 Å². The fourth-order valence-corrected chi connectivity index (χ4v) is 2.16. The van der Waals surface area contributed by atoms with Crippen LogP contribution in [0.15, 0.2) is 12.1 Å². The van der Waals surface area contributed by atoms with Gasteiger partial charge in [-0.1, -0.05) is 18.5 Å². The van der Waals surface area contributed by atoms with Gasteiger partial charge >= 0.3 is 0 Å². The standard InChI is InChI=1S/C14H22ClNO2/c1-4-12(16)8-11-6-10(9-17-3)7-13(15)14(11)18-5-2/h6-7,12H,4-5,8-9,16H2,1-3H3. The maximum atomic E-state index is 6.25. The molecule has 1 atom stereocenters. The van der Waals surface area contributed by atoms with E-state index in [1.165, 1.54) is 0 Å². The average molecular weight is 272 g/mol. The maximum Gasteiger partial charge on any atom is 0.141 e. The molecule has 0 aliphatic carbocycles. The Morgan fingerprint density at radius 2 is 2.06 bits per heavy atom. The molecule has 1 unspecified atom stereocenters. The van der Waals surface area contributed by atoms with Gasteiger partial charge in [0.2, 0.25) is 0 Å². The van der Waals surface area contributed by atoms with Gasteiger partial charge in [-0.2, -0.15) is 0 Å². The van der Waals surface area contributed by atoms with Crippen LogP contribution in [0, 0.1) is 0 Å². The Hall–Kier alpha value is -0.770. The molecule has 0 fully saturated rings. The predicted molar refractivity (Wildman–Crippen MR) is 75.3 cm³/mol. The fraction of sp³-hybridized carbons (Fsp3) is 0.571. The van der Waals surface area contributed by atoms with E-state index in [1.807, 2.05) is 13.0 Å². The van der Waals surface area contributed by atoms with E-state index in [-0.39, 0.29) is 6.04 Å². The first kappa shape index (κ1) is 15.3. The van der Waals surface area contributed by atoms with Gasteiger partial charge in [-0.25, -0.2) is 0 Å². The SMILES string of the molecule is CCOc1c(Cl)cc(COC)cc1CC(N)CC. The molecule has 0 heterocycles. The Morgan fingerprint density at radius 3 is 2.61 bits per heavy atom. The predicted octanol–water partition coefficient (Wildman–Crippen LogP) is 3.16. The molecular formula is C14H22ClNO2. The summed E-state index contributed by atoms with van der Waals surface area (Å²) in [4.78, 5) is 0. The molecule has 18 heavy (non-hydrogen) atoms. The van der Waals surface area contributed by atoms with Crippen LogP contribution in [0.4, 0.5) is 0 Å². The Bertz CT molecular complexity index is 382. The second-order valence-electron chi connectivity index (χ2n) is 4.30. The topological polar surface area (TPSA) is 44.5 Å². The number of benzene rings is 1. The third-order valence-electron chi connectivity index (χ3n) is 2.79. The minimum atomic E-state index is 0.123. The normalized spacial score (nSPS) is 12.5. The van der Waals surface area contributed by atoms with Crippen LogP contribution in [0.3, 0.4) is 0 Å². The van der Waals surface area contributed by atoms with E-state index in [0.717, 1.165) is 29.7 Å². The van der Waals surface area contributed by atoms with Crippen LogP contribution in [0.5, 0.6) is 5.75 Å². The number of nitrogens with two attached hydrogens (primary N) is 1. The summed E-state index contributed by atoms with van der Waals surface area (Å²) in [6, 6.07) is 4.07. The Balaban J connectivity index is 3.06. The molecule has 0 aliphatic rings. The van der Waals surface area contributed by atoms with Crippen LogP contribution in [0.25, 0.3) is 0 Å². The van der Waals surface area contributed by atoms with Gasteiger partial charge in [-0.05, 0) is 43.0 Å². The molecule has 0 amide bonds. The highest BCUT2D eigenvalue weighted by Crippen LogP contribution is 2.31. The zero-order valence-electron chi connectivity index (χ0n) is 11.3. The van der Waals surface area contributed by atoms with Crippen molar-refractivity contribution in [1.29, 1.82) is 0 Å². The first-order valence-corrected chi connectivity index (χ1v) is 6.68. The minimum absolute atomic E-state index is 0.123. The summed E-state index contributed by atoms with van der Waals surface area (Å²) in [6.07, 6.45) is 1.70. The molecule has 1 aromatic rings. The Kier molecular flexibility index (Phi) is 6.47. The van der Waals surface area contributed by atoms with E-state index < -0.39 is 0 Å². The summed E-state index contributed by atoms with van der Waals surface area (Å²) in [5.41, 5.74) is 8.12. The van der Waals surface area contributed by atoms with Crippen LogP contribution in [-0.2, 0) is 17.8 Å². The molecule has 0 bridgehead atoms. The molecule has 0 aromatic heterocycles. The first-order valence-electron chi connectivity index (χ1n) is 6.30. The molecular weight excluding hydrogens is 250 g/mol. The minimum Gasteiger partial charge on any atom is -0.492 e. The second-order valence-corrected chi connectivity index (χ2v) is 4.71. The molecule has 102 valence electrons. The van der Waals surface area contributed by atoms with Gasteiger partial charge in [0, 0.05) is 13.2 Å². The summed E-state index contributed by atoms with van der Waals surface area (Å²) in [5, 5.41) is 0.629. The van der Waals surface area contributed by atoms with E-state index >= 15 is 0 Å². The number of ether oxygens (including phenoxy) is 2. The number of rotatable bonds is 7. The lowest BCUT2D eigenvalue weighted by atomic mass is 10.0. The van der Waals surface area contributed by atoms with Crippen molar-refractivity contribution in [3.05, 3.63) is 28.3 Å². The van der Waals surface area contributed by atoms with E-state index in [2.05, 4.69) is 13.0 Å². The van der Waals surface area contributed by atoms with Crippen LogP contribution < -0.4 is 10.5 Å². The number of hydrogen-bond acceptors (Lipinski definition) is 3. The van der Waals surface area contributed by atoms with Crippen molar-refractivity contribution in [2.24, 2.45) is 5.73 Å². The summed E-state index contributed by atoms with van der Waals surface area (Å²) >= 11 is 6.25. The lowest BCUT2D eigenvalue weighted by molar-refractivity contribution is 0.184. The molecule has 0 aliphatic heterocycles. The highest BCUT2D eigenvalue weighted by atomic mass is 35.5. The summed E-state index contributed by atoms with van der Waals surface area (Å²) in [5.74, 6) is 0.753. The third kappa shape index (κ3) is 4.16. The average Bonchev–Trinajstić information content (AvgIpc) is 2.34. The van der Waals surface area contributed by atoms with E-state index in [1.54, 1.807) is 7.11 Å². The van der Waals surface area contributed by atoms with Gasteiger partial charge in [0.1, 0.15) is 5.75 Å². The van der Waals surface area contributed by atoms with Crippen molar-refractivity contribution in [1.82, 2.24) is 0 Å². The quantitative estimate of drug-likeness (QED) is 0.828. The van der Waals surface area contributed by atoms with Crippen molar-refractivity contribution in [2.45, 2.75) is 39.3 Å². The van der Waals surface area contributed by atoms with Gasteiger partial charge < -0.3 is 15.2 Å². The molecule has 0 spiro atoms. The van der Waals surface area contributed by atoms with E-state index in [4.69, 9.17) is 26.8 Å². The molecule has 1 aromatic carbocycles. The lowest BCUT2D eigenvalue weighted by Gasteiger charge is -2.16. The lowest BCUT2D eigenvalue weighted by Crippen LogP contribution is -2.22. The third-order valence-corrected chi connectivity index (χ3v) is 3.07. The Labute approximate surface area is 114 Å². The molecule has 1 rings (SSSR count). The maximum absolute atomic E-state index is 6.25. The van der Waals surface area contributed by atoms with Crippen molar-refractivity contribution < 1.29 is 9.47 Å². The Morgan fingerprint density at radius 1 is 1.33 bits per heavy atom. The van der Waals surface area contributed by atoms with Crippen molar-refractivity contribution >= 4 is 11.6 Å². The summed E-state index contributed by atoms with van der Waals surface area (Å²) in [6.45, 7) is 5.16.